The third-order valence-corrected chi connectivity index (χ3v) is 30.3. The van der Waals surface area contributed by atoms with Crippen LogP contribution in [0.1, 0.15) is 88.5 Å². The van der Waals surface area contributed by atoms with Crippen molar-refractivity contribution in [3.8, 4) is 0 Å². The molecule has 0 radical (unpaired) electrons. The zero-order valence-corrected chi connectivity index (χ0v) is 44.5. The van der Waals surface area contributed by atoms with Gasteiger partial charge in [-0.05, 0) is 166 Å². The molecule has 0 atom stereocenters. The number of rotatable bonds is 27. The van der Waals surface area contributed by atoms with Crippen LogP contribution >= 0.6 is 0 Å². The van der Waals surface area contributed by atoms with Gasteiger partial charge in [0.2, 0.25) is 0 Å². The van der Waals surface area contributed by atoms with Crippen LogP contribution in [0, 0.1) is 0 Å². The Bertz CT molecular complexity index is 923. The van der Waals surface area contributed by atoms with Crippen LogP contribution in [0.5, 0.6) is 0 Å². The Morgan fingerprint density at radius 3 is 1.23 bits per heavy atom. The van der Waals surface area contributed by atoms with Gasteiger partial charge in [-0.15, -0.1) is 0 Å². The molecule has 53 heavy (non-hydrogen) atoms. The molecule has 1 saturated heterocycles. The molecule has 1 aliphatic heterocycles. The summed E-state index contributed by atoms with van der Waals surface area (Å²) in [6.07, 6.45) is 3.60. The molecule has 0 aromatic rings. The van der Waals surface area contributed by atoms with Gasteiger partial charge in [-0.2, -0.15) is 0 Å². The van der Waals surface area contributed by atoms with Crippen LogP contribution in [0.15, 0.2) is 0 Å². The second-order valence-electron chi connectivity index (χ2n) is 17.7. The molecule has 0 aliphatic carbocycles. The molecule has 320 valence electrons. The van der Waals surface area contributed by atoms with Crippen molar-refractivity contribution >= 4 is 51.6 Å². The highest BCUT2D eigenvalue weighted by Gasteiger charge is 2.45. The van der Waals surface area contributed by atoms with Gasteiger partial charge in [0, 0.05) is 69.4 Å². The summed E-state index contributed by atoms with van der Waals surface area (Å²) in [6, 6.07) is 4.91. The molecule has 1 rings (SSSR count). The summed E-state index contributed by atoms with van der Waals surface area (Å²) >= 11 is 0. The number of nitrogens with zero attached hydrogens (tertiary/aromatic N) is 1. The topological polar surface area (TPSA) is 86.3 Å². The van der Waals surface area contributed by atoms with Crippen molar-refractivity contribution in [1.82, 2.24) is 4.90 Å². The van der Waals surface area contributed by atoms with E-state index in [-0.39, 0.29) is 11.1 Å². The minimum Gasteiger partial charge on any atom is -0.458 e. The maximum atomic E-state index is 6.90. The van der Waals surface area contributed by atoms with Crippen molar-refractivity contribution in [2.24, 2.45) is 0 Å². The van der Waals surface area contributed by atoms with E-state index in [1.54, 1.807) is 0 Å². The number of piperidine rings is 1. The molecule has 16 heteroatoms. The maximum absolute atomic E-state index is 6.90. The van der Waals surface area contributed by atoms with E-state index in [4.69, 9.17) is 39.5 Å². The first-order valence-electron chi connectivity index (χ1n) is 20.9. The van der Waals surface area contributed by atoms with Crippen molar-refractivity contribution < 1.29 is 39.5 Å². The molecular formula is C37H89NO9Si6. The quantitative estimate of drug-likeness (QED) is 0.0588. The fourth-order valence-electron chi connectivity index (χ4n) is 7.60. The molecule has 1 heterocycles. The Morgan fingerprint density at radius 2 is 0.887 bits per heavy atom. The monoisotopic (exact) mass is 860 g/mol. The van der Waals surface area contributed by atoms with Crippen molar-refractivity contribution in [3.05, 3.63) is 0 Å². The Hall–Kier alpha value is 0.901. The van der Waals surface area contributed by atoms with Gasteiger partial charge in [0.15, 0.2) is 34.0 Å². The van der Waals surface area contributed by atoms with Gasteiger partial charge in [0.25, 0.3) is 0 Å². The van der Waals surface area contributed by atoms with Crippen LogP contribution in [0.2, 0.25) is 82.6 Å². The van der Waals surface area contributed by atoms with Crippen LogP contribution in [-0.2, 0) is 39.5 Å². The van der Waals surface area contributed by atoms with Gasteiger partial charge < -0.3 is 39.5 Å². The minimum absolute atomic E-state index is 0.169. The average molecular weight is 861 g/mol. The average Bonchev–Trinajstić information content (AvgIpc) is 3.00. The zero-order valence-electron chi connectivity index (χ0n) is 38.4. The lowest BCUT2D eigenvalue weighted by Gasteiger charge is -2.53. The predicted molar refractivity (Wildman–Crippen MR) is 238 cm³/mol. The lowest BCUT2D eigenvalue weighted by atomic mass is 9.79. The highest BCUT2D eigenvalue weighted by atomic mass is 28.4. The van der Waals surface area contributed by atoms with E-state index in [9.17, 15) is 0 Å². The smallest absolute Gasteiger partial charge is 0.458 e. The molecule has 0 saturated carbocycles. The fourth-order valence-corrected chi connectivity index (χ4v) is 32.2. The molecule has 0 aromatic heterocycles. The second kappa shape index (κ2) is 24.7. The summed E-state index contributed by atoms with van der Waals surface area (Å²) < 4.78 is 55.3. The summed E-state index contributed by atoms with van der Waals surface area (Å²) in [7, 11) is -9.08. The molecule has 0 spiro atoms. The Labute approximate surface area is 336 Å². The van der Waals surface area contributed by atoms with E-state index in [0.717, 1.165) is 56.1 Å². The van der Waals surface area contributed by atoms with E-state index < -0.39 is 51.6 Å². The lowest BCUT2D eigenvalue weighted by molar-refractivity contribution is -0.0912. The Morgan fingerprint density at radius 1 is 0.547 bits per heavy atom. The van der Waals surface area contributed by atoms with E-state index in [1.165, 1.54) is 0 Å². The summed E-state index contributed by atoms with van der Waals surface area (Å²) in [5, 5.41) is 0. The maximum Gasteiger partial charge on any atom is 0.500 e. The molecule has 1 aliphatic rings. The SMILES string of the molecule is CCO[Si](CC[Si](C)(C)O[SiH](C)C)(OCC)OCC.CCO[Si](CC[Si](C)(C)O[Si](C)(C)CCCOC1CC(C)(C)N(C)C(C)(C)C1)(OCC)OCC. The molecule has 0 bridgehead atoms. The number of ether oxygens (including phenoxy) is 1. The second-order valence-corrected chi connectivity index (χ2v) is 39.1. The highest BCUT2D eigenvalue weighted by molar-refractivity contribution is 6.85. The largest absolute Gasteiger partial charge is 0.500 e. The summed E-state index contributed by atoms with van der Waals surface area (Å²) in [6.45, 7) is 44.5. The van der Waals surface area contributed by atoms with Crippen LogP contribution < -0.4 is 0 Å². The van der Waals surface area contributed by atoms with Crippen molar-refractivity contribution in [2.75, 3.05) is 53.3 Å². The molecule has 0 N–H and O–H groups in total. The van der Waals surface area contributed by atoms with Crippen molar-refractivity contribution in [2.45, 2.75) is 188 Å². The van der Waals surface area contributed by atoms with E-state index >= 15 is 0 Å². The third-order valence-electron chi connectivity index (χ3n) is 9.91. The molecule has 0 aromatic carbocycles. The first kappa shape index (κ1) is 53.9. The number of hydrogen-bond acceptors (Lipinski definition) is 10. The number of hydrogen-bond donors (Lipinski definition) is 0. The van der Waals surface area contributed by atoms with Crippen molar-refractivity contribution in [3.63, 3.8) is 0 Å². The summed E-state index contributed by atoms with van der Waals surface area (Å²) in [5.41, 5.74) is 0.338. The van der Waals surface area contributed by atoms with Crippen LogP contribution in [0.3, 0.4) is 0 Å². The van der Waals surface area contributed by atoms with Crippen molar-refractivity contribution in [1.29, 1.82) is 0 Å². The fraction of sp³-hybridized carbons (Fsp3) is 1.00. The zero-order chi connectivity index (χ0) is 41.2. The predicted octanol–water partition coefficient (Wildman–Crippen LogP) is 9.76. The van der Waals surface area contributed by atoms with Crippen LogP contribution in [0.4, 0.5) is 0 Å². The Balaban J connectivity index is 0.00000121. The molecule has 0 unspecified atom stereocenters. The van der Waals surface area contributed by atoms with E-state index in [2.05, 4.69) is 92.0 Å². The van der Waals surface area contributed by atoms with Crippen LogP contribution in [0.25, 0.3) is 0 Å². The van der Waals surface area contributed by atoms with E-state index in [1.807, 2.05) is 41.5 Å². The normalized spacial score (nSPS) is 17.7. The van der Waals surface area contributed by atoms with Gasteiger partial charge >= 0.3 is 17.6 Å². The molecular weight excluding hydrogens is 771 g/mol. The van der Waals surface area contributed by atoms with Gasteiger partial charge in [-0.25, -0.2) is 0 Å². The summed E-state index contributed by atoms with van der Waals surface area (Å²) in [5.74, 6) is 0. The first-order chi connectivity index (χ1) is 24.3. The molecule has 1 fully saturated rings. The van der Waals surface area contributed by atoms with Gasteiger partial charge in [-0.3, -0.25) is 4.90 Å². The molecule has 0 amide bonds. The number of likely N-dealkylation sites (tertiary alicyclic amines) is 1. The van der Waals surface area contributed by atoms with Crippen LogP contribution in [-0.4, -0.2) is 127 Å². The lowest BCUT2D eigenvalue weighted by Crippen LogP contribution is -2.60. The van der Waals surface area contributed by atoms with Gasteiger partial charge in [0.05, 0.1) is 6.10 Å². The summed E-state index contributed by atoms with van der Waals surface area (Å²) in [4.78, 5) is 2.51. The minimum atomic E-state index is -2.61. The first-order valence-corrected chi connectivity index (χ1v) is 36.9. The third kappa shape index (κ3) is 21.5. The molecule has 10 nitrogen and oxygen atoms in total. The van der Waals surface area contributed by atoms with Gasteiger partial charge in [-0.1, -0.05) is 0 Å². The van der Waals surface area contributed by atoms with E-state index in [0.29, 0.717) is 45.7 Å². The highest BCUT2D eigenvalue weighted by Crippen LogP contribution is 2.38. The Kier molecular flexibility index (Phi) is 25.2. The standard InChI is InChI=1S/C25H57NO5Si3.C12H32O4Si3/c1-13-28-34(29-14-2,30-15-3)20-19-33(11,12)31-32(9,10)18-16-17-27-23-21-24(4,5)26(8)25(6,7)22-23;1-8-13-19(14-9-2,15-10-3)12-11-18(6,7)16-17(4)5/h23H,13-22H2,1-12H3;17H,8-12H2,1-7H3. The van der Waals surface area contributed by atoms with Gasteiger partial charge in [0.1, 0.15) is 0 Å².